The van der Waals surface area contributed by atoms with Crippen LogP contribution in [0.3, 0.4) is 0 Å². The summed E-state index contributed by atoms with van der Waals surface area (Å²) in [5.74, 6) is 0.890. The van der Waals surface area contributed by atoms with Crippen LogP contribution in [0.1, 0.15) is 46.0 Å². The van der Waals surface area contributed by atoms with Crippen LogP contribution < -0.4 is 15.8 Å². The summed E-state index contributed by atoms with van der Waals surface area (Å²) < 4.78 is 5.60. The van der Waals surface area contributed by atoms with Crippen molar-refractivity contribution in [3.8, 4) is 5.75 Å². The van der Waals surface area contributed by atoms with Gasteiger partial charge < -0.3 is 20.7 Å². The van der Waals surface area contributed by atoms with Gasteiger partial charge in [-0.15, -0.1) is 0 Å². The summed E-state index contributed by atoms with van der Waals surface area (Å²) in [5.41, 5.74) is 5.57. The number of hydrogen-bond donors (Lipinski definition) is 2. The van der Waals surface area contributed by atoms with Crippen molar-refractivity contribution in [2.45, 2.75) is 51.5 Å². The van der Waals surface area contributed by atoms with Crippen LogP contribution in [-0.4, -0.2) is 48.5 Å². The number of piperidine rings is 1. The summed E-state index contributed by atoms with van der Waals surface area (Å²) in [6.45, 7) is 6.16. The predicted molar refractivity (Wildman–Crippen MR) is 106 cm³/mol. The van der Waals surface area contributed by atoms with Gasteiger partial charge in [0, 0.05) is 25.6 Å². The Balaban J connectivity index is 1.74. The molecule has 0 aliphatic carbocycles. The first-order chi connectivity index (χ1) is 13.0. The van der Waals surface area contributed by atoms with Crippen LogP contribution in [0, 0.1) is 5.92 Å². The van der Waals surface area contributed by atoms with E-state index in [9.17, 15) is 9.59 Å². The standard InChI is InChI=1S/C21H33N3O3/c1-3-21(4-2,16-22)23-20(26)17-10-13-24(14-11-17)19(25)12-15-27-18-8-6-5-7-9-18/h5-9,17H,3-4,10-16,22H2,1-2H3,(H,23,26). The molecule has 2 amide bonds. The minimum atomic E-state index is -0.307. The van der Waals surface area contributed by atoms with E-state index in [2.05, 4.69) is 19.2 Å². The summed E-state index contributed by atoms with van der Waals surface area (Å²) in [6, 6.07) is 9.49. The Morgan fingerprint density at radius 3 is 2.37 bits per heavy atom. The Morgan fingerprint density at radius 2 is 1.81 bits per heavy atom. The van der Waals surface area contributed by atoms with Crippen molar-refractivity contribution in [2.75, 3.05) is 26.2 Å². The molecule has 0 unspecified atom stereocenters. The molecule has 0 spiro atoms. The molecule has 6 heteroatoms. The van der Waals surface area contributed by atoms with E-state index in [1.165, 1.54) is 0 Å². The molecule has 0 saturated carbocycles. The van der Waals surface area contributed by atoms with Crippen molar-refractivity contribution < 1.29 is 14.3 Å². The molecule has 1 fully saturated rings. The van der Waals surface area contributed by atoms with Crippen molar-refractivity contribution in [3.05, 3.63) is 30.3 Å². The Hall–Kier alpha value is -2.08. The number of nitrogens with zero attached hydrogens (tertiary/aromatic N) is 1. The highest BCUT2D eigenvalue weighted by molar-refractivity contribution is 5.80. The third-order valence-electron chi connectivity index (χ3n) is 5.68. The summed E-state index contributed by atoms with van der Waals surface area (Å²) in [7, 11) is 0. The second-order valence-electron chi connectivity index (χ2n) is 7.25. The molecule has 1 saturated heterocycles. The highest BCUT2D eigenvalue weighted by Crippen LogP contribution is 2.21. The highest BCUT2D eigenvalue weighted by Gasteiger charge is 2.32. The summed E-state index contributed by atoms with van der Waals surface area (Å²) in [5, 5.41) is 3.16. The number of carbonyl (C=O) groups is 2. The van der Waals surface area contributed by atoms with Crippen LogP contribution in [0.4, 0.5) is 0 Å². The van der Waals surface area contributed by atoms with E-state index in [4.69, 9.17) is 10.5 Å². The molecule has 2 rings (SSSR count). The smallest absolute Gasteiger partial charge is 0.225 e. The maximum absolute atomic E-state index is 12.6. The van der Waals surface area contributed by atoms with Gasteiger partial charge in [0.15, 0.2) is 0 Å². The Bertz CT molecular complexity index is 586. The van der Waals surface area contributed by atoms with Gasteiger partial charge in [0.25, 0.3) is 0 Å². The number of carbonyl (C=O) groups excluding carboxylic acids is 2. The molecule has 1 aromatic rings. The van der Waals surface area contributed by atoms with Crippen LogP contribution in [0.25, 0.3) is 0 Å². The van der Waals surface area contributed by atoms with Gasteiger partial charge in [0.1, 0.15) is 5.75 Å². The molecule has 6 nitrogen and oxygen atoms in total. The van der Waals surface area contributed by atoms with E-state index < -0.39 is 0 Å². The highest BCUT2D eigenvalue weighted by atomic mass is 16.5. The molecule has 0 bridgehead atoms. The normalized spacial score (nSPS) is 15.4. The van der Waals surface area contributed by atoms with Crippen LogP contribution in [0.5, 0.6) is 5.75 Å². The third kappa shape index (κ3) is 5.96. The van der Waals surface area contributed by atoms with Gasteiger partial charge in [-0.1, -0.05) is 32.0 Å². The van der Waals surface area contributed by atoms with Crippen LogP contribution in [0.2, 0.25) is 0 Å². The van der Waals surface area contributed by atoms with E-state index in [1.807, 2.05) is 35.2 Å². The Kier molecular flexibility index (Phi) is 8.10. The van der Waals surface area contributed by atoms with Gasteiger partial charge >= 0.3 is 0 Å². The average molecular weight is 376 g/mol. The molecular weight excluding hydrogens is 342 g/mol. The van der Waals surface area contributed by atoms with Crippen LogP contribution >= 0.6 is 0 Å². The molecule has 1 aromatic carbocycles. The number of nitrogens with two attached hydrogens (primary N) is 1. The van der Waals surface area contributed by atoms with Crippen molar-refractivity contribution in [3.63, 3.8) is 0 Å². The number of nitrogens with one attached hydrogen (secondary N) is 1. The third-order valence-corrected chi connectivity index (χ3v) is 5.68. The van der Waals surface area contributed by atoms with Crippen molar-refractivity contribution in [1.82, 2.24) is 10.2 Å². The van der Waals surface area contributed by atoms with E-state index in [-0.39, 0.29) is 23.3 Å². The quantitative estimate of drug-likeness (QED) is 0.694. The fourth-order valence-corrected chi connectivity index (χ4v) is 3.45. The minimum Gasteiger partial charge on any atom is -0.493 e. The molecule has 150 valence electrons. The lowest BCUT2D eigenvalue weighted by Crippen LogP contribution is -2.55. The van der Waals surface area contributed by atoms with Crippen molar-refractivity contribution in [2.24, 2.45) is 11.7 Å². The van der Waals surface area contributed by atoms with E-state index >= 15 is 0 Å². The monoisotopic (exact) mass is 375 g/mol. The molecule has 0 atom stereocenters. The Morgan fingerprint density at radius 1 is 1.19 bits per heavy atom. The van der Waals surface area contributed by atoms with E-state index in [0.29, 0.717) is 45.5 Å². The van der Waals surface area contributed by atoms with Crippen LogP contribution in [0.15, 0.2) is 30.3 Å². The zero-order chi connectivity index (χ0) is 19.7. The van der Waals surface area contributed by atoms with E-state index in [1.54, 1.807) is 0 Å². The van der Waals surface area contributed by atoms with Gasteiger partial charge in [-0.25, -0.2) is 0 Å². The lowest BCUT2D eigenvalue weighted by atomic mass is 9.89. The second-order valence-corrected chi connectivity index (χ2v) is 7.25. The molecule has 27 heavy (non-hydrogen) atoms. The van der Waals surface area contributed by atoms with Crippen molar-refractivity contribution >= 4 is 11.8 Å². The van der Waals surface area contributed by atoms with Crippen molar-refractivity contribution in [1.29, 1.82) is 0 Å². The maximum Gasteiger partial charge on any atom is 0.225 e. The Labute approximate surface area is 162 Å². The zero-order valence-electron chi connectivity index (χ0n) is 16.6. The lowest BCUT2D eigenvalue weighted by molar-refractivity contribution is -0.136. The molecular formula is C21H33N3O3. The molecule has 3 N–H and O–H groups in total. The summed E-state index contributed by atoms with van der Waals surface area (Å²) in [6.07, 6.45) is 3.40. The van der Waals surface area contributed by atoms with Gasteiger partial charge in [0.2, 0.25) is 11.8 Å². The fraction of sp³-hybridized carbons (Fsp3) is 0.619. The first-order valence-electron chi connectivity index (χ1n) is 10.0. The average Bonchev–Trinajstić information content (AvgIpc) is 2.73. The van der Waals surface area contributed by atoms with Gasteiger partial charge in [-0.2, -0.15) is 0 Å². The minimum absolute atomic E-state index is 0.0429. The second kappa shape index (κ2) is 10.3. The number of para-hydroxylation sites is 1. The molecule has 1 aliphatic rings. The molecule has 1 aliphatic heterocycles. The van der Waals surface area contributed by atoms with Crippen LogP contribution in [-0.2, 0) is 9.59 Å². The molecule has 0 radical (unpaired) electrons. The number of amides is 2. The summed E-state index contributed by atoms with van der Waals surface area (Å²) >= 11 is 0. The number of rotatable bonds is 9. The molecule has 1 heterocycles. The predicted octanol–water partition coefficient (Wildman–Crippen LogP) is 2.33. The fourth-order valence-electron chi connectivity index (χ4n) is 3.45. The first kappa shape index (κ1) is 21.2. The SMILES string of the molecule is CCC(CC)(CN)NC(=O)C1CCN(C(=O)CCOc2ccccc2)CC1. The zero-order valence-corrected chi connectivity index (χ0v) is 16.6. The van der Waals surface area contributed by atoms with E-state index in [0.717, 1.165) is 18.6 Å². The van der Waals surface area contributed by atoms with Gasteiger partial charge in [-0.05, 0) is 37.8 Å². The maximum atomic E-state index is 12.6. The first-order valence-corrected chi connectivity index (χ1v) is 10.0. The van der Waals surface area contributed by atoms with Gasteiger partial charge in [0.05, 0.1) is 18.6 Å². The number of ether oxygens (including phenoxy) is 1. The largest absolute Gasteiger partial charge is 0.493 e. The molecule has 0 aromatic heterocycles. The summed E-state index contributed by atoms with van der Waals surface area (Å²) in [4.78, 5) is 26.8. The number of likely N-dealkylation sites (tertiary alicyclic amines) is 1. The topological polar surface area (TPSA) is 84.7 Å². The van der Waals surface area contributed by atoms with Gasteiger partial charge in [-0.3, -0.25) is 9.59 Å². The number of benzene rings is 1. The lowest BCUT2D eigenvalue weighted by Gasteiger charge is -2.36. The number of hydrogen-bond acceptors (Lipinski definition) is 4.